The number of nitrogens with one attached hydrogen (secondary N) is 1. The Kier molecular flexibility index (Phi) is 20.3. The summed E-state index contributed by atoms with van der Waals surface area (Å²) in [5.41, 5.74) is 0. The molecule has 0 saturated carbocycles. The molecule has 0 saturated heterocycles. The SMILES string of the molecule is CCCNC.CCCO. The fraction of sp³-hybridized carbons (Fsp3) is 1.00. The van der Waals surface area contributed by atoms with Crippen molar-refractivity contribution in [1.82, 2.24) is 5.32 Å². The molecule has 0 rings (SSSR count). The molecule has 0 aromatic carbocycles. The maximum Gasteiger partial charge on any atom is 0.0428 e. The zero-order valence-corrected chi connectivity index (χ0v) is 6.78. The van der Waals surface area contributed by atoms with Crippen molar-refractivity contribution in [1.29, 1.82) is 0 Å². The Morgan fingerprint density at radius 2 is 1.67 bits per heavy atom. The van der Waals surface area contributed by atoms with Gasteiger partial charge in [0.1, 0.15) is 0 Å². The zero-order chi connectivity index (χ0) is 7.54. The fourth-order valence-corrected chi connectivity index (χ4v) is 0.250. The lowest BCUT2D eigenvalue weighted by Gasteiger charge is -1.84. The number of hydrogen-bond donors (Lipinski definition) is 2. The number of aliphatic hydroxyl groups is 1. The van der Waals surface area contributed by atoms with Crippen molar-refractivity contribution in [3.63, 3.8) is 0 Å². The van der Waals surface area contributed by atoms with Gasteiger partial charge in [-0.05, 0) is 26.4 Å². The van der Waals surface area contributed by atoms with Crippen LogP contribution in [0, 0.1) is 0 Å². The third-order valence-electron chi connectivity index (χ3n) is 0.724. The minimum Gasteiger partial charge on any atom is -0.396 e. The van der Waals surface area contributed by atoms with Gasteiger partial charge in [-0.15, -0.1) is 0 Å². The van der Waals surface area contributed by atoms with Crippen LogP contribution >= 0.6 is 0 Å². The van der Waals surface area contributed by atoms with E-state index < -0.39 is 0 Å². The average Bonchev–Trinajstić information content (AvgIpc) is 1.91. The molecule has 2 nitrogen and oxygen atoms in total. The molecule has 0 fully saturated rings. The normalized spacial score (nSPS) is 8.00. The molecule has 0 heterocycles. The van der Waals surface area contributed by atoms with Gasteiger partial charge < -0.3 is 10.4 Å². The van der Waals surface area contributed by atoms with E-state index in [-0.39, 0.29) is 0 Å². The lowest BCUT2D eigenvalue weighted by Crippen LogP contribution is -2.04. The maximum atomic E-state index is 7.88. The van der Waals surface area contributed by atoms with E-state index in [4.69, 9.17) is 5.11 Å². The summed E-state index contributed by atoms with van der Waals surface area (Å²) in [5.74, 6) is 0. The van der Waals surface area contributed by atoms with Crippen LogP contribution in [-0.2, 0) is 0 Å². The molecule has 2 N–H and O–H groups in total. The lowest BCUT2D eigenvalue weighted by molar-refractivity contribution is 0.295. The van der Waals surface area contributed by atoms with Crippen LogP contribution in [0.15, 0.2) is 0 Å². The van der Waals surface area contributed by atoms with E-state index in [2.05, 4.69) is 12.2 Å². The molecule has 2 heteroatoms. The first-order valence-electron chi connectivity index (χ1n) is 3.58. The minimum absolute atomic E-state index is 0.319. The van der Waals surface area contributed by atoms with Crippen LogP contribution in [-0.4, -0.2) is 25.3 Å². The van der Waals surface area contributed by atoms with Crippen LogP contribution in [0.3, 0.4) is 0 Å². The monoisotopic (exact) mass is 133 g/mol. The van der Waals surface area contributed by atoms with E-state index in [0.29, 0.717) is 6.61 Å². The van der Waals surface area contributed by atoms with Crippen LogP contribution in [0.25, 0.3) is 0 Å². The van der Waals surface area contributed by atoms with Crippen LogP contribution in [0.1, 0.15) is 26.7 Å². The second kappa shape index (κ2) is 15.7. The van der Waals surface area contributed by atoms with Gasteiger partial charge in [-0.25, -0.2) is 0 Å². The Morgan fingerprint density at radius 3 is 1.67 bits per heavy atom. The van der Waals surface area contributed by atoms with Crippen molar-refractivity contribution in [2.75, 3.05) is 20.2 Å². The van der Waals surface area contributed by atoms with E-state index in [1.54, 1.807) is 0 Å². The van der Waals surface area contributed by atoms with Gasteiger partial charge in [0.25, 0.3) is 0 Å². The molecule has 0 aromatic rings. The summed E-state index contributed by atoms with van der Waals surface area (Å²) in [5, 5.41) is 10.9. The van der Waals surface area contributed by atoms with Gasteiger partial charge in [0.15, 0.2) is 0 Å². The van der Waals surface area contributed by atoms with E-state index >= 15 is 0 Å². The quantitative estimate of drug-likeness (QED) is 0.602. The third-order valence-corrected chi connectivity index (χ3v) is 0.724. The molecule has 0 unspecified atom stereocenters. The van der Waals surface area contributed by atoms with Crippen molar-refractivity contribution in [2.24, 2.45) is 0 Å². The van der Waals surface area contributed by atoms with Crippen LogP contribution in [0.5, 0.6) is 0 Å². The minimum atomic E-state index is 0.319. The van der Waals surface area contributed by atoms with Crippen LogP contribution < -0.4 is 5.32 Å². The molecule has 0 spiro atoms. The van der Waals surface area contributed by atoms with Crippen molar-refractivity contribution >= 4 is 0 Å². The van der Waals surface area contributed by atoms with Crippen molar-refractivity contribution in [3.8, 4) is 0 Å². The molecule has 9 heavy (non-hydrogen) atoms. The highest BCUT2D eigenvalue weighted by molar-refractivity contribution is 4.28. The van der Waals surface area contributed by atoms with E-state index in [0.717, 1.165) is 13.0 Å². The standard InChI is InChI=1S/C4H11N.C3H8O/c1-3-4-5-2;1-2-3-4/h5H,3-4H2,1-2H3;4H,2-3H2,1H3. The predicted octanol–water partition coefficient (Wildman–Crippen LogP) is 1.00. The van der Waals surface area contributed by atoms with Gasteiger partial charge in [-0.2, -0.15) is 0 Å². The van der Waals surface area contributed by atoms with Gasteiger partial charge in [0, 0.05) is 6.61 Å². The van der Waals surface area contributed by atoms with Gasteiger partial charge >= 0.3 is 0 Å². The first-order chi connectivity index (χ1) is 4.33. The first kappa shape index (κ1) is 11.7. The number of rotatable bonds is 3. The average molecular weight is 133 g/mol. The molecule has 58 valence electrons. The second-order valence-electron chi connectivity index (χ2n) is 1.83. The molecule has 0 bridgehead atoms. The Bertz CT molecular complexity index is 28.1. The van der Waals surface area contributed by atoms with Crippen molar-refractivity contribution in [2.45, 2.75) is 26.7 Å². The molecule has 0 atom stereocenters. The molecule has 0 aromatic heterocycles. The summed E-state index contributed by atoms with van der Waals surface area (Å²) in [4.78, 5) is 0. The Hall–Kier alpha value is -0.0800. The fourth-order valence-electron chi connectivity index (χ4n) is 0.250. The second-order valence-corrected chi connectivity index (χ2v) is 1.83. The molecule has 0 amide bonds. The highest BCUT2D eigenvalue weighted by Gasteiger charge is 1.64. The maximum absolute atomic E-state index is 7.88. The largest absolute Gasteiger partial charge is 0.396 e. The lowest BCUT2D eigenvalue weighted by atomic mass is 10.5. The van der Waals surface area contributed by atoms with E-state index in [9.17, 15) is 0 Å². The van der Waals surface area contributed by atoms with Crippen LogP contribution in [0.4, 0.5) is 0 Å². The summed E-state index contributed by atoms with van der Waals surface area (Å²) in [7, 11) is 1.96. The smallest absolute Gasteiger partial charge is 0.0428 e. The summed E-state index contributed by atoms with van der Waals surface area (Å²) in [6.07, 6.45) is 2.11. The molecule has 0 aliphatic heterocycles. The number of hydrogen-bond acceptors (Lipinski definition) is 2. The van der Waals surface area contributed by atoms with Gasteiger partial charge in [-0.3, -0.25) is 0 Å². The topological polar surface area (TPSA) is 32.3 Å². The van der Waals surface area contributed by atoms with Gasteiger partial charge in [0.05, 0.1) is 0 Å². The van der Waals surface area contributed by atoms with Gasteiger partial charge in [-0.1, -0.05) is 13.8 Å². The molecular weight excluding hydrogens is 114 g/mol. The molecular formula is C7H19NO. The van der Waals surface area contributed by atoms with Gasteiger partial charge in [0.2, 0.25) is 0 Å². The Labute approximate surface area is 58.3 Å². The summed E-state index contributed by atoms with van der Waals surface area (Å²) in [6, 6.07) is 0. The van der Waals surface area contributed by atoms with Crippen molar-refractivity contribution < 1.29 is 5.11 Å². The molecule has 0 radical (unpaired) electrons. The number of aliphatic hydroxyl groups excluding tert-OH is 1. The zero-order valence-electron chi connectivity index (χ0n) is 6.78. The highest BCUT2D eigenvalue weighted by Crippen LogP contribution is 1.62. The first-order valence-corrected chi connectivity index (χ1v) is 3.58. The summed E-state index contributed by atoms with van der Waals surface area (Å²) >= 11 is 0. The highest BCUT2D eigenvalue weighted by atomic mass is 16.2. The Morgan fingerprint density at radius 1 is 1.22 bits per heavy atom. The molecule has 0 aliphatic carbocycles. The molecule has 0 aliphatic rings. The summed E-state index contributed by atoms with van der Waals surface area (Å²) in [6.45, 7) is 5.54. The predicted molar refractivity (Wildman–Crippen MR) is 41.6 cm³/mol. The Balaban J connectivity index is 0. The van der Waals surface area contributed by atoms with E-state index in [1.165, 1.54) is 6.42 Å². The summed E-state index contributed by atoms with van der Waals surface area (Å²) < 4.78 is 0. The van der Waals surface area contributed by atoms with Crippen molar-refractivity contribution in [3.05, 3.63) is 0 Å². The third kappa shape index (κ3) is 32.6. The van der Waals surface area contributed by atoms with E-state index in [1.807, 2.05) is 14.0 Å². The van der Waals surface area contributed by atoms with Crippen LogP contribution in [0.2, 0.25) is 0 Å².